The fourth-order valence-corrected chi connectivity index (χ4v) is 2.43. The van der Waals surface area contributed by atoms with E-state index in [1.54, 1.807) is 0 Å². The van der Waals surface area contributed by atoms with Crippen molar-refractivity contribution in [3.63, 3.8) is 0 Å². The molecule has 0 N–H and O–H groups in total. The minimum absolute atomic E-state index is 0.814. The van der Waals surface area contributed by atoms with Gasteiger partial charge in [0.25, 0.3) is 0 Å². The van der Waals surface area contributed by atoms with Gasteiger partial charge in [0.1, 0.15) is 5.75 Å². The summed E-state index contributed by atoms with van der Waals surface area (Å²) in [5.74, 6) is 0.949. The van der Waals surface area contributed by atoms with Gasteiger partial charge in [-0.1, -0.05) is 45.1 Å². The summed E-state index contributed by atoms with van der Waals surface area (Å²) in [5.41, 5.74) is 3.32. The lowest BCUT2D eigenvalue weighted by molar-refractivity contribution is 0.304. The molecule has 22 heavy (non-hydrogen) atoms. The number of ether oxygens (including phenoxy) is 1. The lowest BCUT2D eigenvalue weighted by Crippen LogP contribution is -1.97. The summed E-state index contributed by atoms with van der Waals surface area (Å²) >= 11 is 0. The zero-order valence-electron chi connectivity index (χ0n) is 13.8. The number of nitrogens with zero attached hydrogens (tertiary/aromatic N) is 1. The molecule has 0 aliphatic heterocycles. The first-order valence-corrected chi connectivity index (χ1v) is 8.45. The van der Waals surface area contributed by atoms with E-state index >= 15 is 0 Å². The van der Waals surface area contributed by atoms with E-state index in [0.717, 1.165) is 30.0 Å². The van der Waals surface area contributed by atoms with Crippen molar-refractivity contribution in [3.8, 4) is 17.0 Å². The number of pyridine rings is 1. The molecule has 0 aliphatic carbocycles. The summed E-state index contributed by atoms with van der Waals surface area (Å²) in [4.78, 5) is 4.45. The van der Waals surface area contributed by atoms with Gasteiger partial charge in [0.15, 0.2) is 0 Å². The fraction of sp³-hybridized carbons (Fsp3) is 0.450. The van der Waals surface area contributed by atoms with Gasteiger partial charge in [-0.05, 0) is 49.2 Å². The van der Waals surface area contributed by atoms with Crippen LogP contribution >= 0.6 is 0 Å². The number of hydrogen-bond donors (Lipinski definition) is 0. The van der Waals surface area contributed by atoms with Gasteiger partial charge in [-0.3, -0.25) is 4.98 Å². The molecule has 2 rings (SSSR count). The lowest BCUT2D eigenvalue weighted by Gasteiger charge is -2.07. The van der Waals surface area contributed by atoms with Crippen molar-refractivity contribution in [2.24, 2.45) is 0 Å². The first kappa shape index (κ1) is 16.5. The van der Waals surface area contributed by atoms with E-state index in [2.05, 4.69) is 43.1 Å². The van der Waals surface area contributed by atoms with Crippen LogP contribution in [0, 0.1) is 6.92 Å². The van der Waals surface area contributed by atoms with Crippen LogP contribution in [-0.4, -0.2) is 11.6 Å². The molecule has 0 fully saturated rings. The standard InChI is InChI=1S/C20H27NO/c1-3-4-5-6-7-8-15-22-19-12-10-18(11-13-19)20-14-9-17(2)16-21-20/h9-14,16H,3-8,15H2,1-2H3. The van der Waals surface area contributed by atoms with Gasteiger partial charge in [0.05, 0.1) is 12.3 Å². The molecular weight excluding hydrogens is 270 g/mol. The molecule has 2 heteroatoms. The van der Waals surface area contributed by atoms with E-state index in [0.29, 0.717) is 0 Å². The summed E-state index contributed by atoms with van der Waals surface area (Å²) in [6.45, 7) is 5.11. The normalized spacial score (nSPS) is 10.6. The Balaban J connectivity index is 1.74. The van der Waals surface area contributed by atoms with Crippen LogP contribution in [0.2, 0.25) is 0 Å². The third kappa shape index (κ3) is 5.51. The molecule has 0 spiro atoms. The van der Waals surface area contributed by atoms with E-state index in [9.17, 15) is 0 Å². The van der Waals surface area contributed by atoms with E-state index in [4.69, 9.17) is 4.74 Å². The Morgan fingerprint density at radius 1 is 0.864 bits per heavy atom. The molecular formula is C20H27NO. The van der Waals surface area contributed by atoms with Crippen molar-refractivity contribution in [2.45, 2.75) is 52.4 Å². The molecule has 0 bridgehead atoms. The van der Waals surface area contributed by atoms with Crippen molar-refractivity contribution in [2.75, 3.05) is 6.61 Å². The average molecular weight is 297 g/mol. The molecule has 1 heterocycles. The van der Waals surface area contributed by atoms with Crippen molar-refractivity contribution < 1.29 is 4.74 Å². The van der Waals surface area contributed by atoms with Crippen LogP contribution in [0.15, 0.2) is 42.6 Å². The van der Waals surface area contributed by atoms with Crippen LogP contribution in [0.1, 0.15) is 51.0 Å². The minimum atomic E-state index is 0.814. The van der Waals surface area contributed by atoms with Crippen LogP contribution < -0.4 is 4.74 Å². The smallest absolute Gasteiger partial charge is 0.119 e. The summed E-state index contributed by atoms with van der Waals surface area (Å²) in [6, 6.07) is 12.4. The maximum absolute atomic E-state index is 5.80. The number of hydrogen-bond acceptors (Lipinski definition) is 2. The van der Waals surface area contributed by atoms with Gasteiger partial charge < -0.3 is 4.74 Å². The number of aryl methyl sites for hydroxylation is 1. The predicted octanol–water partition coefficient (Wildman–Crippen LogP) is 5.80. The maximum atomic E-state index is 5.80. The molecule has 2 aromatic rings. The topological polar surface area (TPSA) is 22.1 Å². The second-order valence-electron chi connectivity index (χ2n) is 5.86. The Bertz CT molecular complexity index is 531. The number of rotatable bonds is 9. The van der Waals surface area contributed by atoms with Crippen LogP contribution in [0.5, 0.6) is 5.75 Å². The van der Waals surface area contributed by atoms with E-state index in [1.165, 1.54) is 37.7 Å². The maximum Gasteiger partial charge on any atom is 0.119 e. The van der Waals surface area contributed by atoms with Gasteiger partial charge in [0.2, 0.25) is 0 Å². The minimum Gasteiger partial charge on any atom is -0.494 e. The van der Waals surface area contributed by atoms with Crippen molar-refractivity contribution in [1.82, 2.24) is 4.98 Å². The molecule has 0 radical (unpaired) electrons. The Labute approximate surface area is 134 Å². The van der Waals surface area contributed by atoms with Crippen molar-refractivity contribution in [3.05, 3.63) is 48.2 Å². The third-order valence-corrected chi connectivity index (χ3v) is 3.83. The van der Waals surface area contributed by atoms with E-state index < -0.39 is 0 Å². The van der Waals surface area contributed by atoms with Crippen molar-refractivity contribution in [1.29, 1.82) is 0 Å². The monoisotopic (exact) mass is 297 g/mol. The van der Waals surface area contributed by atoms with E-state index in [1.807, 2.05) is 18.3 Å². The summed E-state index contributed by atoms with van der Waals surface area (Å²) in [7, 11) is 0. The van der Waals surface area contributed by atoms with Crippen LogP contribution in [0.25, 0.3) is 11.3 Å². The Kier molecular flexibility index (Phi) is 6.95. The van der Waals surface area contributed by atoms with E-state index in [-0.39, 0.29) is 0 Å². The third-order valence-electron chi connectivity index (χ3n) is 3.83. The lowest BCUT2D eigenvalue weighted by atomic mass is 10.1. The first-order valence-electron chi connectivity index (χ1n) is 8.45. The highest BCUT2D eigenvalue weighted by Crippen LogP contribution is 2.21. The Hall–Kier alpha value is -1.83. The molecule has 0 saturated carbocycles. The molecule has 0 unspecified atom stereocenters. The zero-order chi connectivity index (χ0) is 15.6. The molecule has 0 saturated heterocycles. The molecule has 0 aliphatic rings. The summed E-state index contributed by atoms with van der Waals surface area (Å²) < 4.78 is 5.80. The predicted molar refractivity (Wildman–Crippen MR) is 93.3 cm³/mol. The molecule has 118 valence electrons. The molecule has 0 amide bonds. The summed E-state index contributed by atoms with van der Waals surface area (Å²) in [6.07, 6.45) is 9.66. The Morgan fingerprint density at radius 2 is 1.59 bits per heavy atom. The van der Waals surface area contributed by atoms with Gasteiger partial charge in [-0.2, -0.15) is 0 Å². The fourth-order valence-electron chi connectivity index (χ4n) is 2.43. The average Bonchev–Trinajstić information content (AvgIpc) is 2.55. The number of benzene rings is 1. The van der Waals surface area contributed by atoms with Gasteiger partial charge in [-0.25, -0.2) is 0 Å². The SMILES string of the molecule is CCCCCCCCOc1ccc(-c2ccc(C)cn2)cc1. The highest BCUT2D eigenvalue weighted by atomic mass is 16.5. The van der Waals surface area contributed by atoms with Crippen molar-refractivity contribution >= 4 is 0 Å². The number of unbranched alkanes of at least 4 members (excludes halogenated alkanes) is 5. The zero-order valence-corrected chi connectivity index (χ0v) is 13.8. The van der Waals surface area contributed by atoms with Gasteiger partial charge in [-0.15, -0.1) is 0 Å². The van der Waals surface area contributed by atoms with Gasteiger partial charge >= 0.3 is 0 Å². The molecule has 1 aromatic carbocycles. The number of aromatic nitrogens is 1. The van der Waals surface area contributed by atoms with Crippen LogP contribution in [-0.2, 0) is 0 Å². The largest absolute Gasteiger partial charge is 0.494 e. The second kappa shape index (κ2) is 9.24. The second-order valence-corrected chi connectivity index (χ2v) is 5.86. The Morgan fingerprint density at radius 3 is 2.27 bits per heavy atom. The molecule has 1 aromatic heterocycles. The summed E-state index contributed by atoms with van der Waals surface area (Å²) in [5, 5.41) is 0. The van der Waals surface area contributed by atoms with Crippen LogP contribution in [0.3, 0.4) is 0 Å². The first-order chi connectivity index (χ1) is 10.8. The molecule has 0 atom stereocenters. The molecule has 2 nitrogen and oxygen atoms in total. The highest BCUT2D eigenvalue weighted by molar-refractivity contribution is 5.59. The van der Waals surface area contributed by atoms with Crippen LogP contribution in [0.4, 0.5) is 0 Å². The quantitative estimate of drug-likeness (QED) is 0.546. The highest BCUT2D eigenvalue weighted by Gasteiger charge is 2.00. The van der Waals surface area contributed by atoms with Gasteiger partial charge in [0, 0.05) is 11.8 Å².